The van der Waals surface area contributed by atoms with Crippen LogP contribution in [0.25, 0.3) is 0 Å². The van der Waals surface area contributed by atoms with Crippen molar-refractivity contribution in [2.45, 2.75) is 43.1 Å². The van der Waals surface area contributed by atoms with E-state index in [2.05, 4.69) is 0 Å². The van der Waals surface area contributed by atoms with E-state index in [1.54, 1.807) is 12.1 Å². The summed E-state index contributed by atoms with van der Waals surface area (Å²) in [5, 5.41) is 0. The van der Waals surface area contributed by atoms with E-state index in [1.165, 1.54) is 18.4 Å². The molecule has 1 heterocycles. The highest BCUT2D eigenvalue weighted by Gasteiger charge is 2.22. The second-order valence-corrected chi connectivity index (χ2v) is 8.80. The number of benzene rings is 1. The van der Waals surface area contributed by atoms with Gasteiger partial charge in [-0.2, -0.15) is 0 Å². The zero-order valence-corrected chi connectivity index (χ0v) is 16.7. The van der Waals surface area contributed by atoms with Crippen LogP contribution in [0.15, 0.2) is 29.2 Å². The van der Waals surface area contributed by atoms with Crippen LogP contribution in [0.4, 0.5) is 0 Å². The molecule has 0 unspecified atom stereocenters. The fourth-order valence-electron chi connectivity index (χ4n) is 2.96. The third-order valence-corrected chi connectivity index (χ3v) is 5.68. The van der Waals surface area contributed by atoms with Crippen molar-refractivity contribution < 1.29 is 22.7 Å². The van der Waals surface area contributed by atoms with E-state index in [4.69, 9.17) is 15.2 Å². The molecule has 0 radical (unpaired) electrons. The van der Waals surface area contributed by atoms with E-state index in [1.807, 2.05) is 4.90 Å². The summed E-state index contributed by atoms with van der Waals surface area (Å²) in [6.07, 6.45) is 5.09. The number of ether oxygens (including phenoxy) is 2. The number of piperidine rings is 1. The summed E-state index contributed by atoms with van der Waals surface area (Å²) >= 11 is 0. The number of sulfone groups is 1. The minimum Gasteiger partial charge on any atom is -0.494 e. The van der Waals surface area contributed by atoms with Crippen molar-refractivity contribution in [1.29, 1.82) is 0 Å². The van der Waals surface area contributed by atoms with Gasteiger partial charge in [-0.1, -0.05) is 0 Å². The summed E-state index contributed by atoms with van der Waals surface area (Å²) in [5.41, 5.74) is 5.46. The molecule has 1 fully saturated rings. The summed E-state index contributed by atoms with van der Waals surface area (Å²) in [7, 11) is -3.20. The van der Waals surface area contributed by atoms with Crippen molar-refractivity contribution in [3.8, 4) is 5.75 Å². The number of carbonyl (C=O) groups excluding carboxylic acids is 1. The molecule has 8 heteroatoms. The quantitative estimate of drug-likeness (QED) is 0.601. The highest BCUT2D eigenvalue weighted by molar-refractivity contribution is 7.90. The number of rotatable bonds is 10. The minimum atomic E-state index is -3.20. The summed E-state index contributed by atoms with van der Waals surface area (Å²) in [5.74, 6) is 0.747. The lowest BCUT2D eigenvalue weighted by molar-refractivity contribution is -0.134. The zero-order valence-electron chi connectivity index (χ0n) is 15.9. The van der Waals surface area contributed by atoms with Gasteiger partial charge < -0.3 is 20.1 Å². The molecule has 0 saturated carbocycles. The first-order valence-electron chi connectivity index (χ1n) is 9.42. The number of nitrogens with zero attached hydrogens (tertiary/aromatic N) is 1. The number of hydrogen-bond donors (Lipinski definition) is 1. The van der Waals surface area contributed by atoms with Crippen molar-refractivity contribution in [3.63, 3.8) is 0 Å². The van der Waals surface area contributed by atoms with Gasteiger partial charge in [0.05, 0.1) is 17.6 Å². The number of nitrogens with two attached hydrogens (primary N) is 1. The monoisotopic (exact) mass is 398 g/mol. The molecule has 1 aliphatic heterocycles. The Kier molecular flexibility index (Phi) is 8.53. The standard InChI is InChI=1S/C19H30N2O5S/c1-27(23,24)18-7-5-16(6-8-18)25-14-2-4-19(22)21-12-9-17(10-13-21)26-15-3-11-20/h5-8,17H,2-4,9-15,20H2,1H3. The largest absolute Gasteiger partial charge is 0.494 e. The lowest BCUT2D eigenvalue weighted by atomic mass is 10.1. The summed E-state index contributed by atoms with van der Waals surface area (Å²) < 4.78 is 34.2. The van der Waals surface area contributed by atoms with Gasteiger partial charge in [-0.05, 0) is 56.5 Å². The second-order valence-electron chi connectivity index (χ2n) is 6.79. The molecule has 1 aromatic carbocycles. The molecule has 1 aliphatic rings. The van der Waals surface area contributed by atoms with Gasteiger partial charge in [0.1, 0.15) is 5.75 Å². The van der Waals surface area contributed by atoms with E-state index in [0.29, 0.717) is 38.3 Å². The van der Waals surface area contributed by atoms with Crippen LogP contribution in [0.5, 0.6) is 5.75 Å². The third kappa shape index (κ3) is 7.48. The van der Waals surface area contributed by atoms with Crippen LogP contribution in [0, 0.1) is 0 Å². The fraction of sp³-hybridized carbons (Fsp3) is 0.632. The van der Waals surface area contributed by atoms with Gasteiger partial charge in [-0.25, -0.2) is 8.42 Å². The van der Waals surface area contributed by atoms with Crippen molar-refractivity contribution in [2.24, 2.45) is 5.73 Å². The maximum absolute atomic E-state index is 12.3. The van der Waals surface area contributed by atoms with Crippen molar-refractivity contribution >= 4 is 15.7 Å². The van der Waals surface area contributed by atoms with E-state index in [9.17, 15) is 13.2 Å². The molecule has 1 saturated heterocycles. The summed E-state index contributed by atoms with van der Waals surface area (Å²) in [6.45, 7) is 3.22. The summed E-state index contributed by atoms with van der Waals surface area (Å²) in [4.78, 5) is 14.4. The molecular formula is C19H30N2O5S. The van der Waals surface area contributed by atoms with Crippen LogP contribution in [0.2, 0.25) is 0 Å². The number of carbonyl (C=O) groups is 1. The Morgan fingerprint density at radius 2 is 1.81 bits per heavy atom. The lowest BCUT2D eigenvalue weighted by Crippen LogP contribution is -2.41. The van der Waals surface area contributed by atoms with Crippen LogP contribution in [-0.2, 0) is 19.4 Å². The Hall–Kier alpha value is -1.64. The van der Waals surface area contributed by atoms with E-state index in [0.717, 1.165) is 32.4 Å². The Balaban J connectivity index is 1.62. The first-order chi connectivity index (χ1) is 12.9. The zero-order chi connectivity index (χ0) is 19.7. The van der Waals surface area contributed by atoms with Crippen LogP contribution < -0.4 is 10.5 Å². The topological polar surface area (TPSA) is 98.9 Å². The van der Waals surface area contributed by atoms with Crippen LogP contribution in [-0.4, -0.2) is 64.4 Å². The van der Waals surface area contributed by atoms with Gasteiger partial charge >= 0.3 is 0 Å². The molecule has 1 aromatic rings. The Morgan fingerprint density at radius 3 is 2.41 bits per heavy atom. The minimum absolute atomic E-state index is 0.145. The smallest absolute Gasteiger partial charge is 0.222 e. The number of likely N-dealkylation sites (tertiary alicyclic amines) is 1. The molecule has 0 aromatic heterocycles. The van der Waals surface area contributed by atoms with Crippen molar-refractivity contribution in [1.82, 2.24) is 4.90 Å². The van der Waals surface area contributed by atoms with Gasteiger partial charge in [0.15, 0.2) is 9.84 Å². The molecule has 1 amide bonds. The molecular weight excluding hydrogens is 368 g/mol. The molecule has 0 bridgehead atoms. The third-order valence-electron chi connectivity index (χ3n) is 4.55. The normalized spacial score (nSPS) is 15.7. The van der Waals surface area contributed by atoms with Crippen LogP contribution >= 0.6 is 0 Å². The lowest BCUT2D eigenvalue weighted by Gasteiger charge is -2.32. The molecule has 0 atom stereocenters. The van der Waals surface area contributed by atoms with Crippen molar-refractivity contribution in [2.75, 3.05) is 39.1 Å². The maximum Gasteiger partial charge on any atom is 0.222 e. The first-order valence-corrected chi connectivity index (χ1v) is 11.3. The number of hydrogen-bond acceptors (Lipinski definition) is 6. The molecule has 2 N–H and O–H groups in total. The number of amides is 1. The van der Waals surface area contributed by atoms with E-state index in [-0.39, 0.29) is 16.9 Å². The molecule has 152 valence electrons. The molecule has 2 rings (SSSR count). The highest BCUT2D eigenvalue weighted by Crippen LogP contribution is 2.17. The predicted octanol–water partition coefficient (Wildman–Crippen LogP) is 1.61. The van der Waals surface area contributed by atoms with Crippen molar-refractivity contribution in [3.05, 3.63) is 24.3 Å². The average molecular weight is 399 g/mol. The van der Waals surface area contributed by atoms with E-state index < -0.39 is 9.84 Å². The average Bonchev–Trinajstić information content (AvgIpc) is 2.65. The van der Waals surface area contributed by atoms with Crippen LogP contribution in [0.1, 0.15) is 32.1 Å². The summed E-state index contributed by atoms with van der Waals surface area (Å²) in [6, 6.07) is 6.31. The maximum atomic E-state index is 12.3. The Bertz CT molecular complexity index is 683. The van der Waals surface area contributed by atoms with Gasteiger partial charge in [-0.3, -0.25) is 4.79 Å². The van der Waals surface area contributed by atoms with Gasteiger partial charge in [0, 0.05) is 32.4 Å². The fourth-order valence-corrected chi connectivity index (χ4v) is 3.59. The second kappa shape index (κ2) is 10.6. The Morgan fingerprint density at radius 1 is 1.15 bits per heavy atom. The predicted molar refractivity (Wildman–Crippen MR) is 104 cm³/mol. The Labute approximate surface area is 161 Å². The van der Waals surface area contributed by atoms with E-state index >= 15 is 0 Å². The molecule has 0 aliphatic carbocycles. The van der Waals surface area contributed by atoms with Crippen LogP contribution in [0.3, 0.4) is 0 Å². The molecule has 0 spiro atoms. The first kappa shape index (κ1) is 21.7. The van der Waals surface area contributed by atoms with Gasteiger partial charge in [-0.15, -0.1) is 0 Å². The molecule has 7 nitrogen and oxygen atoms in total. The van der Waals surface area contributed by atoms with Gasteiger partial charge in [0.2, 0.25) is 5.91 Å². The van der Waals surface area contributed by atoms with Gasteiger partial charge in [0.25, 0.3) is 0 Å². The highest BCUT2D eigenvalue weighted by atomic mass is 32.2. The SMILES string of the molecule is CS(=O)(=O)c1ccc(OCCCC(=O)N2CCC(OCCCN)CC2)cc1. The molecule has 27 heavy (non-hydrogen) atoms.